The normalized spacial score (nSPS) is 9.67. The summed E-state index contributed by atoms with van der Waals surface area (Å²) in [6, 6.07) is 5.66. The highest BCUT2D eigenvalue weighted by molar-refractivity contribution is 7.92. The van der Waals surface area contributed by atoms with Crippen molar-refractivity contribution >= 4 is 23.9 Å². The first-order valence-corrected chi connectivity index (χ1v) is 4.73. The Morgan fingerprint density at radius 3 is 2.53 bits per heavy atom. The first kappa shape index (κ1) is 11.5. The van der Waals surface area contributed by atoms with Gasteiger partial charge in [-0.15, -0.1) is 0 Å². The van der Waals surface area contributed by atoms with Gasteiger partial charge in [0.2, 0.25) is 0 Å². The maximum atomic E-state index is 11.0. The van der Waals surface area contributed by atoms with Gasteiger partial charge in [0.25, 0.3) is 5.69 Å². The molecule has 80 valence electrons. The lowest BCUT2D eigenvalue weighted by molar-refractivity contribution is -0.384. The molecule has 0 bridgehead atoms. The molecule has 1 aromatic carbocycles. The van der Waals surface area contributed by atoms with E-state index in [9.17, 15) is 14.9 Å². The summed E-state index contributed by atoms with van der Waals surface area (Å²) in [5, 5.41) is 15.3. The van der Waals surface area contributed by atoms with E-state index in [1.54, 1.807) is 0 Å². The molecule has 15 heavy (non-hydrogen) atoms. The van der Waals surface area contributed by atoms with Crippen LogP contribution in [0.5, 0.6) is 0 Å². The fourth-order valence-electron chi connectivity index (χ4n) is 0.985. The Morgan fingerprint density at radius 1 is 1.47 bits per heavy atom. The molecule has 0 unspecified atom stereocenters. The van der Waals surface area contributed by atoms with Gasteiger partial charge < -0.3 is 4.18 Å². The van der Waals surface area contributed by atoms with E-state index in [0.29, 0.717) is 17.8 Å². The molecule has 0 aliphatic carbocycles. The monoisotopic (exact) mass is 228 g/mol. The van der Waals surface area contributed by atoms with Crippen molar-refractivity contribution in [2.24, 2.45) is 5.14 Å². The van der Waals surface area contributed by atoms with Gasteiger partial charge in [-0.05, 0) is 5.56 Å². The molecule has 0 radical (unpaired) electrons. The Morgan fingerprint density at radius 2 is 2.07 bits per heavy atom. The molecule has 2 N–H and O–H groups in total. The van der Waals surface area contributed by atoms with Gasteiger partial charge in [-0.3, -0.25) is 14.9 Å². The zero-order chi connectivity index (χ0) is 11.3. The molecule has 1 rings (SSSR count). The SMILES string of the molecule is NSOC(=O)Cc1ccc([N+](=O)[O-])cc1. The van der Waals surface area contributed by atoms with E-state index in [4.69, 9.17) is 5.14 Å². The molecule has 0 amide bonds. The van der Waals surface area contributed by atoms with Crippen molar-refractivity contribution in [2.75, 3.05) is 0 Å². The molecular formula is C8H8N2O4S. The summed E-state index contributed by atoms with van der Waals surface area (Å²) in [6.07, 6.45) is 0.0438. The predicted octanol–water partition coefficient (Wildman–Crippen LogP) is 1.20. The van der Waals surface area contributed by atoms with Crippen molar-refractivity contribution in [2.45, 2.75) is 6.42 Å². The molecule has 6 nitrogen and oxygen atoms in total. The van der Waals surface area contributed by atoms with E-state index in [2.05, 4.69) is 4.18 Å². The summed E-state index contributed by atoms with van der Waals surface area (Å²) >= 11 is 0.479. The van der Waals surface area contributed by atoms with Gasteiger partial charge in [0.1, 0.15) is 12.2 Å². The highest BCUT2D eigenvalue weighted by Gasteiger charge is 2.07. The van der Waals surface area contributed by atoms with Crippen molar-refractivity contribution < 1.29 is 13.9 Å². The number of nitro groups is 1. The third-order valence-electron chi connectivity index (χ3n) is 1.64. The van der Waals surface area contributed by atoms with Crippen LogP contribution in [0.15, 0.2) is 24.3 Å². The quantitative estimate of drug-likeness (QED) is 0.360. The number of hydrogen-bond donors (Lipinski definition) is 1. The van der Waals surface area contributed by atoms with Crippen LogP contribution in [0, 0.1) is 10.1 Å². The van der Waals surface area contributed by atoms with Gasteiger partial charge in [-0.1, -0.05) is 12.1 Å². The molecule has 7 heteroatoms. The predicted molar refractivity (Wildman–Crippen MR) is 54.7 cm³/mol. The molecule has 0 spiro atoms. The smallest absolute Gasteiger partial charge is 0.323 e. The summed E-state index contributed by atoms with van der Waals surface area (Å²) < 4.78 is 4.45. The number of carbonyl (C=O) groups is 1. The third-order valence-corrected chi connectivity index (χ3v) is 1.92. The number of nitrogens with zero attached hydrogens (tertiary/aromatic N) is 1. The van der Waals surface area contributed by atoms with E-state index in [-0.39, 0.29) is 12.1 Å². The summed E-state index contributed by atoms with van der Waals surface area (Å²) in [5.74, 6) is -0.489. The van der Waals surface area contributed by atoms with Crippen LogP contribution < -0.4 is 5.14 Å². The molecule has 0 saturated heterocycles. The minimum Gasteiger partial charge on any atom is -0.375 e. The van der Waals surface area contributed by atoms with Crippen LogP contribution >= 0.6 is 12.2 Å². The van der Waals surface area contributed by atoms with E-state index in [1.807, 2.05) is 0 Å². The maximum Gasteiger partial charge on any atom is 0.323 e. The molecular weight excluding hydrogens is 220 g/mol. The van der Waals surface area contributed by atoms with Crippen molar-refractivity contribution in [1.82, 2.24) is 0 Å². The highest BCUT2D eigenvalue weighted by Crippen LogP contribution is 2.12. The standard InChI is InChI=1S/C8H8N2O4S/c9-15-14-8(11)5-6-1-3-7(4-2-6)10(12)13/h1-4H,5,9H2. The molecule has 0 aliphatic rings. The number of nitrogens with two attached hydrogens (primary N) is 1. The van der Waals surface area contributed by atoms with Gasteiger partial charge in [0.05, 0.1) is 11.3 Å². The van der Waals surface area contributed by atoms with Crippen molar-refractivity contribution in [3.8, 4) is 0 Å². The van der Waals surface area contributed by atoms with Gasteiger partial charge >= 0.3 is 5.97 Å². The topological polar surface area (TPSA) is 95.5 Å². The molecule has 1 aromatic rings. The fourth-order valence-corrected chi connectivity index (χ4v) is 1.15. The average molecular weight is 228 g/mol. The van der Waals surface area contributed by atoms with Gasteiger partial charge in [0, 0.05) is 12.1 Å². The van der Waals surface area contributed by atoms with Crippen molar-refractivity contribution in [3.63, 3.8) is 0 Å². The number of hydrogen-bond acceptors (Lipinski definition) is 6. The Labute approximate surface area is 89.9 Å². The number of benzene rings is 1. The minimum atomic E-state index is -0.502. The van der Waals surface area contributed by atoms with Crippen LogP contribution in [0.2, 0.25) is 0 Å². The highest BCUT2D eigenvalue weighted by atomic mass is 32.2. The fraction of sp³-hybridized carbons (Fsp3) is 0.125. The maximum absolute atomic E-state index is 11.0. The Balaban J connectivity index is 2.64. The van der Waals surface area contributed by atoms with Crippen LogP contribution in [0.1, 0.15) is 5.56 Å². The summed E-state index contributed by atoms with van der Waals surface area (Å²) in [4.78, 5) is 20.8. The van der Waals surface area contributed by atoms with Crippen LogP contribution in [-0.2, 0) is 15.4 Å². The average Bonchev–Trinajstić information content (AvgIpc) is 2.18. The van der Waals surface area contributed by atoms with Crippen LogP contribution in [0.4, 0.5) is 5.69 Å². The first-order chi connectivity index (χ1) is 7.13. The molecule has 0 heterocycles. The van der Waals surface area contributed by atoms with Gasteiger partial charge in [-0.25, -0.2) is 5.14 Å². The minimum absolute atomic E-state index is 0.0136. The zero-order valence-electron chi connectivity index (χ0n) is 7.58. The molecule has 0 atom stereocenters. The number of non-ortho nitro benzene ring substituents is 1. The van der Waals surface area contributed by atoms with Crippen molar-refractivity contribution in [1.29, 1.82) is 0 Å². The van der Waals surface area contributed by atoms with E-state index in [0.717, 1.165) is 0 Å². The Kier molecular flexibility index (Phi) is 4.07. The second-order valence-corrected chi connectivity index (χ2v) is 3.01. The largest absolute Gasteiger partial charge is 0.375 e. The first-order valence-electron chi connectivity index (χ1n) is 3.93. The second-order valence-electron chi connectivity index (χ2n) is 2.65. The van der Waals surface area contributed by atoms with Gasteiger partial charge in [-0.2, -0.15) is 0 Å². The van der Waals surface area contributed by atoms with E-state index < -0.39 is 10.9 Å². The van der Waals surface area contributed by atoms with E-state index >= 15 is 0 Å². The van der Waals surface area contributed by atoms with Crippen LogP contribution in [-0.4, -0.2) is 10.9 Å². The van der Waals surface area contributed by atoms with Crippen LogP contribution in [0.25, 0.3) is 0 Å². The number of nitro benzene ring substituents is 1. The van der Waals surface area contributed by atoms with Gasteiger partial charge in [0.15, 0.2) is 0 Å². The summed E-state index contributed by atoms with van der Waals surface area (Å²) in [6.45, 7) is 0. The van der Waals surface area contributed by atoms with Crippen LogP contribution in [0.3, 0.4) is 0 Å². The lowest BCUT2D eigenvalue weighted by Crippen LogP contribution is -2.04. The lowest BCUT2D eigenvalue weighted by Gasteiger charge is -1.99. The van der Waals surface area contributed by atoms with E-state index in [1.165, 1.54) is 24.3 Å². The van der Waals surface area contributed by atoms with Crippen molar-refractivity contribution in [3.05, 3.63) is 39.9 Å². The zero-order valence-corrected chi connectivity index (χ0v) is 8.40. The third kappa shape index (κ3) is 3.56. The Bertz CT molecular complexity index is 365. The molecule has 0 aliphatic heterocycles. The summed E-state index contributed by atoms with van der Waals surface area (Å²) in [7, 11) is 0. The lowest BCUT2D eigenvalue weighted by atomic mass is 10.1. The second kappa shape index (κ2) is 5.32. The Hall–Kier alpha value is -1.60. The molecule has 0 aromatic heterocycles. The summed E-state index contributed by atoms with van der Waals surface area (Å²) in [5.41, 5.74) is 0.625. The molecule has 0 fully saturated rings. The molecule has 0 saturated carbocycles. The number of carbonyl (C=O) groups excluding carboxylic acids is 1. The number of rotatable bonds is 4.